The van der Waals surface area contributed by atoms with Gasteiger partial charge in [0.25, 0.3) is 0 Å². The molecule has 2 rings (SSSR count). The van der Waals surface area contributed by atoms with Crippen molar-refractivity contribution in [1.29, 1.82) is 0 Å². The van der Waals surface area contributed by atoms with Crippen molar-refractivity contribution in [2.24, 2.45) is 0 Å². The molecule has 1 aromatic heterocycles. The summed E-state index contributed by atoms with van der Waals surface area (Å²) in [5.41, 5.74) is 6.34. The molecule has 1 aliphatic heterocycles. The molecule has 0 radical (unpaired) electrons. The average molecular weight is 255 g/mol. The van der Waals surface area contributed by atoms with Gasteiger partial charge in [-0.25, -0.2) is 4.79 Å². The molecule has 17 heavy (non-hydrogen) atoms. The normalized spacial score (nSPS) is 23.9. The van der Waals surface area contributed by atoms with Gasteiger partial charge in [0, 0.05) is 10.6 Å². The van der Waals surface area contributed by atoms with E-state index in [0.29, 0.717) is 17.2 Å². The first-order chi connectivity index (χ1) is 8.06. The van der Waals surface area contributed by atoms with E-state index in [0.717, 1.165) is 17.7 Å². The number of carbonyl (C=O) groups excluding carboxylic acids is 1. The number of nitrogen functional groups attached to an aromatic ring is 1. The molecule has 1 fully saturated rings. The highest BCUT2D eigenvalue weighted by Crippen LogP contribution is 2.25. The largest absolute Gasteiger partial charge is 0.459 e. The van der Waals surface area contributed by atoms with Crippen LogP contribution in [0.5, 0.6) is 0 Å². The van der Waals surface area contributed by atoms with Gasteiger partial charge in [-0.1, -0.05) is 0 Å². The van der Waals surface area contributed by atoms with Crippen molar-refractivity contribution >= 4 is 23.0 Å². The van der Waals surface area contributed by atoms with E-state index >= 15 is 0 Å². The van der Waals surface area contributed by atoms with Crippen LogP contribution in [-0.2, 0) is 9.47 Å². The Morgan fingerprint density at radius 2 is 2.41 bits per heavy atom. The smallest absolute Gasteiger partial charge is 0.348 e. The van der Waals surface area contributed by atoms with Gasteiger partial charge in [0.1, 0.15) is 11.5 Å². The number of hydrogen-bond acceptors (Lipinski definition) is 5. The number of nitrogens with two attached hydrogens (primary N) is 1. The van der Waals surface area contributed by atoms with Gasteiger partial charge in [-0.3, -0.25) is 0 Å². The number of rotatable bonds is 3. The van der Waals surface area contributed by atoms with Crippen molar-refractivity contribution in [2.45, 2.75) is 38.9 Å². The summed E-state index contributed by atoms with van der Waals surface area (Å²) >= 11 is 1.37. The maximum Gasteiger partial charge on any atom is 0.348 e. The van der Waals surface area contributed by atoms with Crippen molar-refractivity contribution in [3.05, 3.63) is 15.8 Å². The second-order valence-corrected chi connectivity index (χ2v) is 5.62. The molecule has 1 aromatic rings. The van der Waals surface area contributed by atoms with Gasteiger partial charge in [-0.05, 0) is 32.8 Å². The first-order valence-corrected chi connectivity index (χ1v) is 6.56. The van der Waals surface area contributed by atoms with E-state index < -0.39 is 0 Å². The molecule has 94 valence electrons. The fourth-order valence-corrected chi connectivity index (χ4v) is 2.68. The predicted molar refractivity (Wildman–Crippen MR) is 67.3 cm³/mol. The minimum atomic E-state index is -0.307. The summed E-state index contributed by atoms with van der Waals surface area (Å²) < 4.78 is 10.8. The van der Waals surface area contributed by atoms with Gasteiger partial charge in [0.2, 0.25) is 0 Å². The molecule has 2 N–H and O–H groups in total. The Labute approximate surface area is 105 Å². The quantitative estimate of drug-likeness (QED) is 0.842. The molecule has 0 aromatic carbocycles. The van der Waals surface area contributed by atoms with Crippen LogP contribution in [0.15, 0.2) is 6.07 Å². The Kier molecular flexibility index (Phi) is 3.69. The molecule has 0 saturated carbocycles. The molecule has 2 unspecified atom stereocenters. The zero-order valence-electron chi connectivity index (χ0n) is 10.1. The van der Waals surface area contributed by atoms with Crippen molar-refractivity contribution in [3.8, 4) is 0 Å². The molecule has 1 saturated heterocycles. The molecule has 1 aliphatic rings. The van der Waals surface area contributed by atoms with E-state index in [4.69, 9.17) is 15.2 Å². The fourth-order valence-electron chi connectivity index (χ4n) is 1.84. The third kappa shape index (κ3) is 2.98. The van der Waals surface area contributed by atoms with E-state index in [9.17, 15) is 4.79 Å². The number of ether oxygens (including phenoxy) is 2. The zero-order chi connectivity index (χ0) is 12.4. The zero-order valence-corrected chi connectivity index (χ0v) is 10.9. The van der Waals surface area contributed by atoms with E-state index in [1.165, 1.54) is 11.3 Å². The maximum absolute atomic E-state index is 11.7. The maximum atomic E-state index is 11.7. The average Bonchev–Trinajstić information content (AvgIpc) is 2.83. The lowest BCUT2D eigenvalue weighted by Crippen LogP contribution is -2.18. The number of carbonyl (C=O) groups is 1. The molecule has 2 atom stereocenters. The van der Waals surface area contributed by atoms with Crippen LogP contribution >= 0.6 is 11.3 Å². The molecule has 4 nitrogen and oxygen atoms in total. The molecule has 0 bridgehead atoms. The van der Waals surface area contributed by atoms with Gasteiger partial charge in [-0.15, -0.1) is 11.3 Å². The minimum Gasteiger partial charge on any atom is -0.459 e. The molecular formula is C12H17NO3S. The van der Waals surface area contributed by atoms with Crippen LogP contribution in [0.25, 0.3) is 0 Å². The first kappa shape index (κ1) is 12.4. The van der Waals surface area contributed by atoms with Crippen molar-refractivity contribution in [1.82, 2.24) is 0 Å². The van der Waals surface area contributed by atoms with Crippen LogP contribution in [0.2, 0.25) is 0 Å². The number of anilines is 1. The second-order valence-electron chi connectivity index (χ2n) is 4.37. The highest BCUT2D eigenvalue weighted by Gasteiger charge is 2.23. The Balaban J connectivity index is 1.85. The van der Waals surface area contributed by atoms with Crippen LogP contribution in [0.1, 0.15) is 34.3 Å². The second kappa shape index (κ2) is 5.06. The van der Waals surface area contributed by atoms with Gasteiger partial charge in [-0.2, -0.15) is 0 Å². The van der Waals surface area contributed by atoms with E-state index in [1.54, 1.807) is 6.07 Å². The standard InChI is InChI=1S/C12H17NO3S/c1-7-3-4-9(16-7)6-15-12(14)11-5-10(13)8(2)17-11/h5,7,9H,3-4,6,13H2,1-2H3. The summed E-state index contributed by atoms with van der Waals surface area (Å²) in [6.07, 6.45) is 2.32. The van der Waals surface area contributed by atoms with Crippen molar-refractivity contribution < 1.29 is 14.3 Å². The summed E-state index contributed by atoms with van der Waals surface area (Å²) in [6.45, 7) is 4.25. The summed E-state index contributed by atoms with van der Waals surface area (Å²) in [6, 6.07) is 1.67. The van der Waals surface area contributed by atoms with Gasteiger partial charge in [0.15, 0.2) is 0 Å². The van der Waals surface area contributed by atoms with Gasteiger partial charge in [0.05, 0.1) is 12.2 Å². The minimum absolute atomic E-state index is 0.0485. The number of esters is 1. The lowest BCUT2D eigenvalue weighted by Gasteiger charge is -2.10. The Morgan fingerprint density at radius 3 is 2.94 bits per heavy atom. The SMILES string of the molecule is Cc1sc(C(=O)OCC2CCC(C)O2)cc1N. The number of hydrogen-bond donors (Lipinski definition) is 1. The predicted octanol–water partition coefficient (Wildman–Crippen LogP) is 2.36. The van der Waals surface area contributed by atoms with Crippen molar-refractivity contribution in [3.63, 3.8) is 0 Å². The lowest BCUT2D eigenvalue weighted by atomic mass is 10.2. The topological polar surface area (TPSA) is 61.5 Å². The van der Waals surface area contributed by atoms with Gasteiger partial charge < -0.3 is 15.2 Å². The summed E-state index contributed by atoms with van der Waals surface area (Å²) in [5, 5.41) is 0. The number of thiophene rings is 1. The molecule has 0 aliphatic carbocycles. The molecule has 0 spiro atoms. The summed E-state index contributed by atoms with van der Waals surface area (Å²) in [7, 11) is 0. The highest BCUT2D eigenvalue weighted by molar-refractivity contribution is 7.14. The van der Waals surface area contributed by atoms with E-state index in [1.807, 2.05) is 13.8 Å². The third-order valence-electron chi connectivity index (χ3n) is 2.88. The Bertz CT molecular complexity index is 396. The highest BCUT2D eigenvalue weighted by atomic mass is 32.1. The lowest BCUT2D eigenvalue weighted by molar-refractivity contribution is -0.00237. The van der Waals surface area contributed by atoms with Crippen LogP contribution in [0.4, 0.5) is 5.69 Å². The summed E-state index contributed by atoms with van der Waals surface area (Å²) in [5.74, 6) is -0.307. The first-order valence-electron chi connectivity index (χ1n) is 5.74. The Hall–Kier alpha value is -1.07. The van der Waals surface area contributed by atoms with Crippen LogP contribution < -0.4 is 5.73 Å². The van der Waals surface area contributed by atoms with Crippen LogP contribution in [0.3, 0.4) is 0 Å². The van der Waals surface area contributed by atoms with Gasteiger partial charge >= 0.3 is 5.97 Å². The third-order valence-corrected chi connectivity index (χ3v) is 3.92. The number of aryl methyl sites for hydroxylation is 1. The molecular weight excluding hydrogens is 238 g/mol. The molecule has 0 amide bonds. The monoisotopic (exact) mass is 255 g/mol. The van der Waals surface area contributed by atoms with E-state index in [-0.39, 0.29) is 18.2 Å². The van der Waals surface area contributed by atoms with Crippen molar-refractivity contribution in [2.75, 3.05) is 12.3 Å². The van der Waals surface area contributed by atoms with Crippen LogP contribution in [0, 0.1) is 6.92 Å². The fraction of sp³-hybridized carbons (Fsp3) is 0.583. The van der Waals surface area contributed by atoms with Crippen LogP contribution in [-0.4, -0.2) is 24.8 Å². The summed E-state index contributed by atoms with van der Waals surface area (Å²) in [4.78, 5) is 13.2. The Morgan fingerprint density at radius 1 is 1.65 bits per heavy atom. The molecule has 5 heteroatoms. The molecule has 2 heterocycles. The van der Waals surface area contributed by atoms with E-state index in [2.05, 4.69) is 0 Å².